The molecule has 1 heterocycles. The first kappa shape index (κ1) is 24.6. The van der Waals surface area contributed by atoms with E-state index in [9.17, 15) is 9.59 Å². The molecule has 0 bridgehead atoms. The van der Waals surface area contributed by atoms with Crippen LogP contribution in [0.15, 0.2) is 24.3 Å². The molecule has 2 amide bonds. The summed E-state index contributed by atoms with van der Waals surface area (Å²) in [6, 6.07) is 5.62. The zero-order valence-corrected chi connectivity index (χ0v) is 19.6. The van der Waals surface area contributed by atoms with E-state index in [2.05, 4.69) is 0 Å². The summed E-state index contributed by atoms with van der Waals surface area (Å²) < 4.78 is 16.6. The smallest absolute Gasteiger partial charge is 0.410 e. The van der Waals surface area contributed by atoms with Crippen LogP contribution in [0, 0.1) is 5.92 Å². The molecule has 172 valence electrons. The van der Waals surface area contributed by atoms with Crippen molar-refractivity contribution in [2.75, 3.05) is 40.4 Å². The van der Waals surface area contributed by atoms with Crippen LogP contribution in [0.4, 0.5) is 4.79 Å². The van der Waals surface area contributed by atoms with E-state index >= 15 is 0 Å². The minimum atomic E-state index is -0.524. The lowest BCUT2D eigenvalue weighted by Gasteiger charge is -2.35. The van der Waals surface area contributed by atoms with Crippen LogP contribution < -0.4 is 9.47 Å². The lowest BCUT2D eigenvalue weighted by atomic mass is 9.97. The molecule has 0 radical (unpaired) electrons. The standard InChI is InChI=1S/C24H36N2O5/c1-7-9-18-11-12-20(21(14-18)29-6)30-17-22(27)26-13-8-10-19(16-26)15-25(5)23(28)31-24(2,3)4/h7,9,11-12,14,19H,8,10,13,15-17H2,1-6H3/b9-7+. The highest BCUT2D eigenvalue weighted by molar-refractivity contribution is 5.78. The Morgan fingerprint density at radius 3 is 2.65 bits per heavy atom. The number of carbonyl (C=O) groups excluding carboxylic acids is 2. The number of benzene rings is 1. The zero-order chi connectivity index (χ0) is 23.0. The van der Waals surface area contributed by atoms with E-state index in [1.165, 1.54) is 0 Å². The second-order valence-corrected chi connectivity index (χ2v) is 8.91. The number of rotatable bonds is 7. The minimum absolute atomic E-state index is 0.0477. The number of ether oxygens (including phenoxy) is 3. The molecule has 1 aliphatic heterocycles. The van der Waals surface area contributed by atoms with Crippen LogP contribution in [0.3, 0.4) is 0 Å². The van der Waals surface area contributed by atoms with E-state index in [4.69, 9.17) is 14.2 Å². The summed E-state index contributed by atoms with van der Waals surface area (Å²) in [4.78, 5) is 28.4. The monoisotopic (exact) mass is 432 g/mol. The van der Waals surface area contributed by atoms with Crippen molar-refractivity contribution in [1.82, 2.24) is 9.80 Å². The highest BCUT2D eigenvalue weighted by Crippen LogP contribution is 2.29. The number of methoxy groups -OCH3 is 1. The van der Waals surface area contributed by atoms with Crippen LogP contribution in [0.1, 0.15) is 46.1 Å². The van der Waals surface area contributed by atoms with Gasteiger partial charge in [-0.3, -0.25) is 4.79 Å². The Kier molecular flexibility index (Phi) is 8.77. The van der Waals surface area contributed by atoms with Gasteiger partial charge in [-0.2, -0.15) is 0 Å². The van der Waals surface area contributed by atoms with E-state index in [0.717, 1.165) is 18.4 Å². The first-order valence-corrected chi connectivity index (χ1v) is 10.8. The third-order valence-corrected chi connectivity index (χ3v) is 5.01. The zero-order valence-electron chi connectivity index (χ0n) is 19.6. The molecule has 0 aromatic heterocycles. The van der Waals surface area contributed by atoms with Gasteiger partial charge in [0.1, 0.15) is 5.60 Å². The van der Waals surface area contributed by atoms with Gasteiger partial charge in [0.2, 0.25) is 0 Å². The molecular formula is C24H36N2O5. The van der Waals surface area contributed by atoms with Gasteiger partial charge in [0.15, 0.2) is 18.1 Å². The summed E-state index contributed by atoms with van der Waals surface area (Å²) in [5, 5.41) is 0. The molecule has 0 spiro atoms. The third kappa shape index (κ3) is 7.81. The first-order chi connectivity index (χ1) is 14.6. The predicted molar refractivity (Wildman–Crippen MR) is 121 cm³/mol. The van der Waals surface area contributed by atoms with E-state index in [1.807, 2.05) is 62.9 Å². The number of hydrogen-bond acceptors (Lipinski definition) is 5. The number of nitrogens with zero attached hydrogens (tertiary/aromatic N) is 2. The van der Waals surface area contributed by atoms with Gasteiger partial charge < -0.3 is 24.0 Å². The summed E-state index contributed by atoms with van der Waals surface area (Å²) >= 11 is 0. The fourth-order valence-electron chi connectivity index (χ4n) is 3.57. The summed E-state index contributed by atoms with van der Waals surface area (Å²) in [6.45, 7) is 9.31. The Hall–Kier alpha value is -2.70. The van der Waals surface area contributed by atoms with Gasteiger partial charge in [0.05, 0.1) is 7.11 Å². The molecule has 1 unspecified atom stereocenters. The molecule has 7 heteroatoms. The van der Waals surface area contributed by atoms with Crippen LogP contribution in [-0.2, 0) is 9.53 Å². The highest BCUT2D eigenvalue weighted by Gasteiger charge is 2.27. The maximum absolute atomic E-state index is 12.7. The Morgan fingerprint density at radius 2 is 2.00 bits per heavy atom. The maximum atomic E-state index is 12.7. The number of allylic oxidation sites excluding steroid dienone is 1. The van der Waals surface area contributed by atoms with Crippen LogP contribution in [0.2, 0.25) is 0 Å². The molecule has 1 atom stereocenters. The highest BCUT2D eigenvalue weighted by atomic mass is 16.6. The quantitative estimate of drug-likeness (QED) is 0.646. The first-order valence-electron chi connectivity index (χ1n) is 10.8. The molecule has 0 N–H and O–H groups in total. The molecule has 31 heavy (non-hydrogen) atoms. The average Bonchev–Trinajstić information content (AvgIpc) is 2.71. The Bertz CT molecular complexity index is 785. The molecule has 1 saturated heterocycles. The van der Waals surface area contributed by atoms with Gasteiger partial charge >= 0.3 is 6.09 Å². The fourth-order valence-corrected chi connectivity index (χ4v) is 3.57. The topological polar surface area (TPSA) is 68.3 Å². The number of piperidine rings is 1. The molecule has 1 aliphatic rings. The molecule has 0 aliphatic carbocycles. The van der Waals surface area contributed by atoms with Gasteiger partial charge in [-0.05, 0) is 64.2 Å². The van der Waals surface area contributed by atoms with E-state index in [0.29, 0.717) is 31.1 Å². The largest absolute Gasteiger partial charge is 0.493 e. The van der Waals surface area contributed by atoms with Crippen molar-refractivity contribution in [2.45, 2.75) is 46.1 Å². The van der Waals surface area contributed by atoms with E-state index in [1.54, 1.807) is 19.1 Å². The van der Waals surface area contributed by atoms with Gasteiger partial charge in [0, 0.05) is 26.7 Å². The van der Waals surface area contributed by atoms with Crippen molar-refractivity contribution < 1.29 is 23.8 Å². The average molecular weight is 433 g/mol. The van der Waals surface area contributed by atoms with Crippen molar-refractivity contribution in [3.8, 4) is 11.5 Å². The van der Waals surface area contributed by atoms with Crippen molar-refractivity contribution in [3.05, 3.63) is 29.8 Å². The summed E-state index contributed by atoms with van der Waals surface area (Å²) in [7, 11) is 3.32. The maximum Gasteiger partial charge on any atom is 0.410 e. The van der Waals surface area contributed by atoms with Crippen LogP contribution >= 0.6 is 0 Å². The van der Waals surface area contributed by atoms with Gasteiger partial charge in [-0.1, -0.05) is 18.2 Å². The summed E-state index contributed by atoms with van der Waals surface area (Å²) in [6.07, 6.45) is 5.45. The van der Waals surface area contributed by atoms with Crippen LogP contribution in [-0.4, -0.2) is 67.8 Å². The minimum Gasteiger partial charge on any atom is -0.493 e. The fraction of sp³-hybridized carbons (Fsp3) is 0.583. The van der Waals surface area contributed by atoms with Crippen molar-refractivity contribution in [1.29, 1.82) is 0 Å². The lowest BCUT2D eigenvalue weighted by molar-refractivity contribution is -0.135. The van der Waals surface area contributed by atoms with Crippen molar-refractivity contribution in [3.63, 3.8) is 0 Å². The predicted octanol–water partition coefficient (Wildman–Crippen LogP) is 4.21. The van der Waals surface area contributed by atoms with Gasteiger partial charge in [-0.25, -0.2) is 4.79 Å². The van der Waals surface area contributed by atoms with Crippen LogP contribution in [0.25, 0.3) is 6.08 Å². The van der Waals surface area contributed by atoms with Gasteiger partial charge in [0.25, 0.3) is 5.91 Å². The number of carbonyl (C=O) groups is 2. The summed E-state index contributed by atoms with van der Waals surface area (Å²) in [5.41, 5.74) is 0.481. The molecule has 7 nitrogen and oxygen atoms in total. The molecule has 1 fully saturated rings. The SMILES string of the molecule is C/C=C/c1ccc(OCC(=O)N2CCCC(CN(C)C(=O)OC(C)(C)C)C2)c(OC)c1. The molecule has 0 saturated carbocycles. The molecule has 1 aromatic rings. The van der Waals surface area contributed by atoms with E-state index in [-0.39, 0.29) is 24.5 Å². The lowest BCUT2D eigenvalue weighted by Crippen LogP contribution is -2.46. The Labute approximate surface area is 185 Å². The summed E-state index contributed by atoms with van der Waals surface area (Å²) in [5.74, 6) is 1.29. The molecule has 1 aromatic carbocycles. The second-order valence-electron chi connectivity index (χ2n) is 8.91. The van der Waals surface area contributed by atoms with E-state index < -0.39 is 5.60 Å². The molecule has 2 rings (SSSR count). The molecular weight excluding hydrogens is 396 g/mol. The number of amides is 2. The number of likely N-dealkylation sites (tertiary alicyclic amines) is 1. The van der Waals surface area contributed by atoms with Gasteiger partial charge in [-0.15, -0.1) is 0 Å². The van der Waals surface area contributed by atoms with Crippen LogP contribution in [0.5, 0.6) is 11.5 Å². The number of hydrogen-bond donors (Lipinski definition) is 0. The van der Waals surface area contributed by atoms with Crippen molar-refractivity contribution in [2.24, 2.45) is 5.92 Å². The van der Waals surface area contributed by atoms with Crippen molar-refractivity contribution >= 4 is 18.1 Å². The third-order valence-electron chi connectivity index (χ3n) is 5.01. The second kappa shape index (κ2) is 11.1. The Morgan fingerprint density at radius 1 is 1.26 bits per heavy atom. The normalized spacial score (nSPS) is 16.8. The Balaban J connectivity index is 1.89.